The van der Waals surface area contributed by atoms with Crippen molar-refractivity contribution in [1.82, 2.24) is 10.2 Å². The highest BCUT2D eigenvalue weighted by molar-refractivity contribution is 7.09. The molecule has 6 heteroatoms. The van der Waals surface area contributed by atoms with Crippen LogP contribution in [0.5, 0.6) is 11.5 Å². The third-order valence-corrected chi connectivity index (χ3v) is 5.49. The maximum absolute atomic E-state index is 12.2. The summed E-state index contributed by atoms with van der Waals surface area (Å²) in [6.07, 6.45) is 3.60. The lowest BCUT2D eigenvalue weighted by molar-refractivity contribution is -0.121. The first kappa shape index (κ1) is 18.7. The first-order valence-corrected chi connectivity index (χ1v) is 9.86. The number of fused-ring (bicyclic) bond motifs is 1. The van der Waals surface area contributed by atoms with Gasteiger partial charge in [0.2, 0.25) is 12.7 Å². The number of thiophene rings is 1. The molecule has 1 amide bonds. The van der Waals surface area contributed by atoms with E-state index in [0.29, 0.717) is 13.0 Å². The van der Waals surface area contributed by atoms with Gasteiger partial charge in [-0.15, -0.1) is 11.3 Å². The van der Waals surface area contributed by atoms with Gasteiger partial charge in [0, 0.05) is 17.8 Å². The fourth-order valence-electron chi connectivity index (χ4n) is 3.06. The molecule has 140 valence electrons. The Morgan fingerprint density at radius 3 is 2.85 bits per heavy atom. The van der Waals surface area contributed by atoms with Crippen LogP contribution in [-0.2, 0) is 11.2 Å². The molecule has 0 bridgehead atoms. The molecule has 0 saturated carbocycles. The summed E-state index contributed by atoms with van der Waals surface area (Å²) in [5.74, 6) is 1.67. The second kappa shape index (κ2) is 9.05. The van der Waals surface area contributed by atoms with Crippen molar-refractivity contribution >= 4 is 17.2 Å². The molecular weight excluding hydrogens is 348 g/mol. The highest BCUT2D eigenvalue weighted by Crippen LogP contribution is 2.34. The maximum atomic E-state index is 12.2. The smallest absolute Gasteiger partial charge is 0.231 e. The summed E-state index contributed by atoms with van der Waals surface area (Å²) in [4.78, 5) is 15.7. The van der Waals surface area contributed by atoms with Crippen molar-refractivity contribution in [1.29, 1.82) is 0 Å². The van der Waals surface area contributed by atoms with Crippen molar-refractivity contribution in [3.05, 3.63) is 46.2 Å². The van der Waals surface area contributed by atoms with Crippen LogP contribution in [-0.4, -0.2) is 38.2 Å². The lowest BCUT2D eigenvalue weighted by atomic mass is 10.0. The van der Waals surface area contributed by atoms with E-state index in [9.17, 15) is 4.79 Å². The molecule has 3 rings (SSSR count). The van der Waals surface area contributed by atoms with E-state index < -0.39 is 0 Å². The summed E-state index contributed by atoms with van der Waals surface area (Å²) in [7, 11) is 4.03. The molecule has 1 N–H and O–H groups in total. The number of ether oxygens (including phenoxy) is 2. The van der Waals surface area contributed by atoms with E-state index in [1.807, 2.05) is 32.3 Å². The van der Waals surface area contributed by atoms with Crippen LogP contribution in [0.4, 0.5) is 0 Å². The van der Waals surface area contributed by atoms with Crippen LogP contribution in [0.2, 0.25) is 0 Å². The van der Waals surface area contributed by atoms with Crippen LogP contribution in [0.15, 0.2) is 35.7 Å². The van der Waals surface area contributed by atoms with Crippen LogP contribution in [0.1, 0.15) is 35.7 Å². The van der Waals surface area contributed by atoms with E-state index in [1.165, 1.54) is 4.88 Å². The molecule has 1 unspecified atom stereocenters. The van der Waals surface area contributed by atoms with Gasteiger partial charge in [0.1, 0.15) is 0 Å². The van der Waals surface area contributed by atoms with Crippen LogP contribution in [0.25, 0.3) is 0 Å². The van der Waals surface area contributed by atoms with Crippen LogP contribution in [0.3, 0.4) is 0 Å². The number of benzene rings is 1. The van der Waals surface area contributed by atoms with E-state index in [1.54, 1.807) is 11.3 Å². The molecule has 2 heterocycles. The minimum atomic E-state index is 0.0968. The number of amides is 1. The molecule has 1 aromatic heterocycles. The van der Waals surface area contributed by atoms with Crippen molar-refractivity contribution in [2.24, 2.45) is 0 Å². The Labute approximate surface area is 158 Å². The lowest BCUT2D eigenvalue weighted by Gasteiger charge is -2.25. The van der Waals surface area contributed by atoms with Gasteiger partial charge in [-0.1, -0.05) is 12.1 Å². The molecule has 0 saturated heterocycles. The maximum Gasteiger partial charge on any atom is 0.231 e. The van der Waals surface area contributed by atoms with E-state index in [2.05, 4.69) is 27.7 Å². The first-order chi connectivity index (χ1) is 12.6. The molecule has 0 aliphatic carbocycles. The first-order valence-electron chi connectivity index (χ1n) is 8.98. The van der Waals surface area contributed by atoms with Gasteiger partial charge in [0.15, 0.2) is 11.5 Å². The number of rotatable bonds is 9. The van der Waals surface area contributed by atoms with E-state index in [4.69, 9.17) is 9.47 Å². The molecule has 0 radical (unpaired) electrons. The van der Waals surface area contributed by atoms with Gasteiger partial charge in [-0.05, 0) is 62.5 Å². The highest BCUT2D eigenvalue weighted by Gasteiger charge is 2.20. The molecule has 1 aliphatic rings. The standard InChI is InChI=1S/C20H26N2O3S/c1-22(2)17(15-9-10-18-19(12-15)25-14-24-18)13-21-20(23)8-4-3-6-16-7-5-11-26-16/h5,7,9-12,17H,3-4,6,8,13-14H2,1-2H3,(H,21,23). The Morgan fingerprint density at radius 1 is 1.23 bits per heavy atom. The Kier molecular flexibility index (Phi) is 6.52. The zero-order valence-corrected chi connectivity index (χ0v) is 16.2. The number of likely N-dealkylation sites (N-methyl/N-ethyl adjacent to an activating group) is 1. The summed E-state index contributed by atoms with van der Waals surface area (Å²) in [5, 5.41) is 5.17. The van der Waals surface area contributed by atoms with Gasteiger partial charge in [-0.25, -0.2) is 0 Å². The Morgan fingerprint density at radius 2 is 2.08 bits per heavy atom. The minimum Gasteiger partial charge on any atom is -0.454 e. The average Bonchev–Trinajstić information content (AvgIpc) is 3.29. The second-order valence-corrected chi connectivity index (χ2v) is 7.71. The fourth-order valence-corrected chi connectivity index (χ4v) is 3.81. The molecule has 1 atom stereocenters. The van der Waals surface area contributed by atoms with Crippen LogP contribution in [0, 0.1) is 0 Å². The van der Waals surface area contributed by atoms with Crippen molar-refractivity contribution in [2.75, 3.05) is 27.4 Å². The zero-order valence-electron chi connectivity index (χ0n) is 15.4. The Bertz CT molecular complexity index is 716. The fraction of sp³-hybridized carbons (Fsp3) is 0.450. The van der Waals surface area contributed by atoms with Gasteiger partial charge >= 0.3 is 0 Å². The molecule has 1 aliphatic heterocycles. The van der Waals surface area contributed by atoms with Crippen LogP contribution >= 0.6 is 11.3 Å². The summed E-state index contributed by atoms with van der Waals surface area (Å²) < 4.78 is 10.8. The normalized spacial score (nSPS) is 13.8. The second-order valence-electron chi connectivity index (χ2n) is 6.68. The SMILES string of the molecule is CN(C)C(CNC(=O)CCCCc1cccs1)c1ccc2c(c1)OCO2. The number of hydrogen-bond acceptors (Lipinski definition) is 5. The van der Waals surface area contributed by atoms with E-state index in [-0.39, 0.29) is 18.7 Å². The molecule has 26 heavy (non-hydrogen) atoms. The summed E-state index contributed by atoms with van der Waals surface area (Å²) >= 11 is 1.78. The van der Waals surface area contributed by atoms with Gasteiger partial charge in [0.25, 0.3) is 0 Å². The predicted molar refractivity (Wildman–Crippen MR) is 104 cm³/mol. The molecular formula is C20H26N2O3S. The third kappa shape index (κ3) is 4.99. The highest BCUT2D eigenvalue weighted by atomic mass is 32.1. The number of carbonyl (C=O) groups is 1. The molecule has 5 nitrogen and oxygen atoms in total. The van der Waals surface area contributed by atoms with Crippen molar-refractivity contribution in [3.8, 4) is 11.5 Å². The molecule has 2 aromatic rings. The zero-order chi connectivity index (χ0) is 18.4. The minimum absolute atomic E-state index is 0.0968. The Hall–Kier alpha value is -2.05. The lowest BCUT2D eigenvalue weighted by Crippen LogP contribution is -2.34. The predicted octanol–water partition coefficient (Wildman–Crippen LogP) is 3.61. The van der Waals surface area contributed by atoms with Gasteiger partial charge < -0.3 is 19.7 Å². The monoisotopic (exact) mass is 374 g/mol. The van der Waals surface area contributed by atoms with Crippen molar-refractivity contribution in [3.63, 3.8) is 0 Å². The third-order valence-electron chi connectivity index (χ3n) is 4.55. The van der Waals surface area contributed by atoms with Crippen molar-refractivity contribution < 1.29 is 14.3 Å². The number of aryl methyl sites for hydroxylation is 1. The van der Waals surface area contributed by atoms with E-state index >= 15 is 0 Å². The van der Waals surface area contributed by atoms with Gasteiger partial charge in [0.05, 0.1) is 6.04 Å². The topological polar surface area (TPSA) is 50.8 Å². The molecule has 1 aromatic carbocycles. The largest absolute Gasteiger partial charge is 0.454 e. The van der Waals surface area contributed by atoms with Gasteiger partial charge in [-0.3, -0.25) is 4.79 Å². The van der Waals surface area contributed by atoms with Crippen molar-refractivity contribution in [2.45, 2.75) is 31.7 Å². The Balaban J connectivity index is 1.45. The number of hydrogen-bond donors (Lipinski definition) is 1. The van der Waals surface area contributed by atoms with Crippen LogP contribution < -0.4 is 14.8 Å². The summed E-state index contributed by atoms with van der Waals surface area (Å²) in [6, 6.07) is 10.3. The number of nitrogens with one attached hydrogen (secondary N) is 1. The van der Waals surface area contributed by atoms with Gasteiger partial charge in [-0.2, -0.15) is 0 Å². The number of unbranched alkanes of at least 4 members (excludes halogenated alkanes) is 1. The average molecular weight is 375 g/mol. The number of nitrogens with zero attached hydrogens (tertiary/aromatic N) is 1. The quantitative estimate of drug-likeness (QED) is 0.681. The summed E-state index contributed by atoms with van der Waals surface area (Å²) in [5.41, 5.74) is 1.11. The number of carbonyl (C=O) groups excluding carboxylic acids is 1. The molecule has 0 spiro atoms. The molecule has 0 fully saturated rings. The van der Waals surface area contributed by atoms with E-state index in [0.717, 1.165) is 36.3 Å². The summed E-state index contributed by atoms with van der Waals surface area (Å²) in [6.45, 7) is 0.851.